The lowest BCUT2D eigenvalue weighted by atomic mass is 9.96. The van der Waals surface area contributed by atoms with E-state index >= 15 is 0 Å². The van der Waals surface area contributed by atoms with Gasteiger partial charge in [0.2, 0.25) is 5.91 Å². The highest BCUT2D eigenvalue weighted by Crippen LogP contribution is 2.23. The van der Waals surface area contributed by atoms with Crippen LogP contribution in [0.3, 0.4) is 0 Å². The van der Waals surface area contributed by atoms with Gasteiger partial charge < -0.3 is 15.8 Å². The van der Waals surface area contributed by atoms with Crippen LogP contribution in [-0.4, -0.2) is 34.9 Å². The van der Waals surface area contributed by atoms with E-state index in [4.69, 9.17) is 10.9 Å². The van der Waals surface area contributed by atoms with E-state index in [2.05, 4.69) is 12.1 Å². The number of carbonyl (C=O) groups is 1. The smallest absolute Gasteiger partial charge is 0.237 e. The minimum absolute atomic E-state index is 0.0595. The zero-order chi connectivity index (χ0) is 13.8. The fourth-order valence-electron chi connectivity index (χ4n) is 2.46. The second kappa shape index (κ2) is 5.73. The summed E-state index contributed by atoms with van der Waals surface area (Å²) in [6.07, 6.45) is 1.00. The van der Waals surface area contributed by atoms with Gasteiger partial charge in [-0.25, -0.2) is 0 Å². The van der Waals surface area contributed by atoms with Gasteiger partial charge in [-0.05, 0) is 17.9 Å². The Morgan fingerprint density at radius 3 is 2.68 bits per heavy atom. The van der Waals surface area contributed by atoms with Crippen LogP contribution in [0, 0.1) is 5.92 Å². The third-order valence-electron chi connectivity index (χ3n) is 3.53. The maximum atomic E-state index is 12.5. The van der Waals surface area contributed by atoms with Crippen LogP contribution >= 0.6 is 0 Å². The molecule has 3 N–H and O–H groups in total. The van der Waals surface area contributed by atoms with E-state index in [1.807, 2.05) is 30.3 Å². The average molecular weight is 261 g/mol. The summed E-state index contributed by atoms with van der Waals surface area (Å²) >= 11 is 0. The second-order valence-electron chi connectivity index (χ2n) is 5.05. The molecule has 1 fully saturated rings. The largest absolute Gasteiger partial charge is 0.409 e. The first-order chi connectivity index (χ1) is 9.13. The second-order valence-corrected chi connectivity index (χ2v) is 5.05. The molecule has 0 radical (unpaired) electrons. The summed E-state index contributed by atoms with van der Waals surface area (Å²) in [5, 5.41) is 11.9. The summed E-state index contributed by atoms with van der Waals surface area (Å²) in [5.74, 6) is -0.342. The third kappa shape index (κ3) is 2.86. The number of amidine groups is 1. The van der Waals surface area contributed by atoms with Gasteiger partial charge in [0.1, 0.15) is 5.92 Å². The van der Waals surface area contributed by atoms with Gasteiger partial charge in [-0.3, -0.25) is 4.79 Å². The lowest BCUT2D eigenvalue weighted by Crippen LogP contribution is -2.39. The Hall–Kier alpha value is -2.04. The van der Waals surface area contributed by atoms with Crippen LogP contribution in [-0.2, 0) is 4.79 Å². The van der Waals surface area contributed by atoms with E-state index in [9.17, 15) is 4.79 Å². The van der Waals surface area contributed by atoms with Crippen molar-refractivity contribution in [3.63, 3.8) is 0 Å². The van der Waals surface area contributed by atoms with Crippen molar-refractivity contribution in [2.24, 2.45) is 16.8 Å². The first-order valence-electron chi connectivity index (χ1n) is 6.44. The van der Waals surface area contributed by atoms with Crippen molar-refractivity contribution in [1.29, 1.82) is 0 Å². The Morgan fingerprint density at radius 2 is 2.16 bits per heavy atom. The molecule has 0 saturated carbocycles. The Kier molecular flexibility index (Phi) is 4.04. The predicted octanol–water partition coefficient (Wildman–Crippen LogP) is 1.38. The highest BCUT2D eigenvalue weighted by molar-refractivity contribution is 6.07. The molecular formula is C14H19N3O2. The molecule has 19 heavy (non-hydrogen) atoms. The maximum absolute atomic E-state index is 12.5. The fourth-order valence-corrected chi connectivity index (χ4v) is 2.46. The molecule has 1 heterocycles. The molecule has 1 aromatic rings. The first-order valence-corrected chi connectivity index (χ1v) is 6.44. The van der Waals surface area contributed by atoms with Crippen LogP contribution in [0.15, 0.2) is 35.5 Å². The highest BCUT2D eigenvalue weighted by Gasteiger charge is 2.32. The minimum atomic E-state index is -0.698. The molecule has 5 nitrogen and oxygen atoms in total. The van der Waals surface area contributed by atoms with Gasteiger partial charge in [-0.1, -0.05) is 42.4 Å². The molecule has 1 amide bonds. The van der Waals surface area contributed by atoms with Crippen LogP contribution in [0.1, 0.15) is 24.8 Å². The zero-order valence-corrected chi connectivity index (χ0v) is 11.0. The van der Waals surface area contributed by atoms with Crippen molar-refractivity contribution < 1.29 is 10.0 Å². The number of likely N-dealkylation sites (tertiary alicyclic amines) is 1. The van der Waals surface area contributed by atoms with E-state index in [1.165, 1.54) is 0 Å². The maximum Gasteiger partial charge on any atom is 0.237 e. The molecule has 1 aromatic carbocycles. The number of carbonyl (C=O) groups excluding carboxylic acids is 1. The molecule has 1 saturated heterocycles. The molecular weight excluding hydrogens is 242 g/mol. The Balaban J connectivity index is 2.26. The van der Waals surface area contributed by atoms with E-state index in [0.717, 1.165) is 25.1 Å². The van der Waals surface area contributed by atoms with E-state index < -0.39 is 5.92 Å². The Labute approximate surface area is 112 Å². The molecule has 2 unspecified atom stereocenters. The number of hydrogen-bond acceptors (Lipinski definition) is 3. The summed E-state index contributed by atoms with van der Waals surface area (Å²) in [4.78, 5) is 14.3. The molecule has 2 atom stereocenters. The number of hydrogen-bond donors (Lipinski definition) is 2. The topological polar surface area (TPSA) is 78.9 Å². The molecule has 2 rings (SSSR count). The summed E-state index contributed by atoms with van der Waals surface area (Å²) in [6, 6.07) is 9.19. The van der Waals surface area contributed by atoms with Crippen LogP contribution < -0.4 is 5.73 Å². The van der Waals surface area contributed by atoms with Crippen LogP contribution in [0.2, 0.25) is 0 Å². The highest BCUT2D eigenvalue weighted by atomic mass is 16.4. The van der Waals surface area contributed by atoms with Gasteiger partial charge in [0.25, 0.3) is 0 Å². The lowest BCUT2D eigenvalue weighted by molar-refractivity contribution is -0.130. The quantitative estimate of drug-likeness (QED) is 0.373. The SMILES string of the molecule is CC1CCN(C(=O)C(C(N)=NO)c2ccccc2)C1. The summed E-state index contributed by atoms with van der Waals surface area (Å²) in [5.41, 5.74) is 6.46. The molecule has 0 spiro atoms. The molecule has 1 aliphatic rings. The van der Waals surface area contributed by atoms with Gasteiger partial charge in [0.15, 0.2) is 5.84 Å². The number of amides is 1. The summed E-state index contributed by atoms with van der Waals surface area (Å²) in [6.45, 7) is 3.59. The number of benzene rings is 1. The number of nitrogens with zero attached hydrogens (tertiary/aromatic N) is 2. The van der Waals surface area contributed by atoms with Crippen molar-refractivity contribution in [1.82, 2.24) is 4.90 Å². The molecule has 5 heteroatoms. The Bertz CT molecular complexity index is 473. The lowest BCUT2D eigenvalue weighted by Gasteiger charge is -2.22. The number of rotatable bonds is 3. The van der Waals surface area contributed by atoms with Gasteiger partial charge in [-0.15, -0.1) is 0 Å². The third-order valence-corrected chi connectivity index (χ3v) is 3.53. The van der Waals surface area contributed by atoms with Gasteiger partial charge in [0.05, 0.1) is 0 Å². The van der Waals surface area contributed by atoms with Crippen molar-refractivity contribution in [2.45, 2.75) is 19.3 Å². The molecule has 0 aliphatic carbocycles. The Morgan fingerprint density at radius 1 is 1.47 bits per heavy atom. The van der Waals surface area contributed by atoms with Gasteiger partial charge >= 0.3 is 0 Å². The minimum Gasteiger partial charge on any atom is -0.409 e. The zero-order valence-electron chi connectivity index (χ0n) is 11.0. The van der Waals surface area contributed by atoms with Crippen molar-refractivity contribution in [3.8, 4) is 0 Å². The molecule has 102 valence electrons. The average Bonchev–Trinajstić information content (AvgIpc) is 2.86. The molecule has 0 bridgehead atoms. The number of nitrogens with two attached hydrogens (primary N) is 1. The molecule has 1 aliphatic heterocycles. The van der Waals surface area contributed by atoms with E-state index in [0.29, 0.717) is 5.92 Å². The van der Waals surface area contributed by atoms with E-state index in [-0.39, 0.29) is 11.7 Å². The number of oxime groups is 1. The fraction of sp³-hybridized carbons (Fsp3) is 0.429. The monoisotopic (exact) mass is 261 g/mol. The molecule has 0 aromatic heterocycles. The van der Waals surface area contributed by atoms with Crippen molar-refractivity contribution in [3.05, 3.63) is 35.9 Å². The van der Waals surface area contributed by atoms with Crippen molar-refractivity contribution in [2.75, 3.05) is 13.1 Å². The van der Waals surface area contributed by atoms with Gasteiger partial charge in [-0.2, -0.15) is 0 Å². The summed E-state index contributed by atoms with van der Waals surface area (Å²) < 4.78 is 0. The summed E-state index contributed by atoms with van der Waals surface area (Å²) in [7, 11) is 0. The van der Waals surface area contributed by atoms with Crippen LogP contribution in [0.4, 0.5) is 0 Å². The van der Waals surface area contributed by atoms with Crippen molar-refractivity contribution >= 4 is 11.7 Å². The standard InChI is InChI=1S/C14H19N3O2/c1-10-7-8-17(9-10)14(18)12(13(15)16-19)11-5-3-2-4-6-11/h2-6,10,12,19H,7-9H2,1H3,(H2,15,16). The van der Waals surface area contributed by atoms with Crippen LogP contribution in [0.25, 0.3) is 0 Å². The van der Waals surface area contributed by atoms with E-state index in [1.54, 1.807) is 4.90 Å². The van der Waals surface area contributed by atoms with Gasteiger partial charge in [0, 0.05) is 13.1 Å². The predicted molar refractivity (Wildman–Crippen MR) is 73.0 cm³/mol. The normalized spacial score (nSPS) is 21.4. The first kappa shape index (κ1) is 13.4. The van der Waals surface area contributed by atoms with Crippen LogP contribution in [0.5, 0.6) is 0 Å².